The van der Waals surface area contributed by atoms with Crippen molar-refractivity contribution in [2.24, 2.45) is 5.92 Å². The fourth-order valence-electron chi connectivity index (χ4n) is 2.18. The van der Waals surface area contributed by atoms with Crippen LogP contribution >= 0.6 is 0 Å². The molecular formula is C12H17N3O3. The highest BCUT2D eigenvalue weighted by Gasteiger charge is 2.25. The molecule has 0 saturated carbocycles. The first-order chi connectivity index (χ1) is 8.60. The van der Waals surface area contributed by atoms with Gasteiger partial charge in [-0.05, 0) is 12.8 Å². The van der Waals surface area contributed by atoms with Crippen LogP contribution in [0, 0.1) is 5.92 Å². The summed E-state index contributed by atoms with van der Waals surface area (Å²) >= 11 is 0. The van der Waals surface area contributed by atoms with Gasteiger partial charge in [0.1, 0.15) is 11.6 Å². The van der Waals surface area contributed by atoms with E-state index in [0.717, 1.165) is 0 Å². The lowest BCUT2D eigenvalue weighted by atomic mass is 9.97. The second-order valence-electron chi connectivity index (χ2n) is 4.50. The van der Waals surface area contributed by atoms with E-state index in [2.05, 4.69) is 9.97 Å². The summed E-state index contributed by atoms with van der Waals surface area (Å²) < 4.78 is 0. The molecule has 1 aromatic rings. The number of carbonyl (C=O) groups is 1. The molecule has 0 aromatic carbocycles. The second kappa shape index (κ2) is 5.20. The van der Waals surface area contributed by atoms with E-state index in [-0.39, 0.29) is 11.5 Å². The Morgan fingerprint density at radius 1 is 1.56 bits per heavy atom. The van der Waals surface area contributed by atoms with Crippen molar-refractivity contribution in [1.82, 2.24) is 9.97 Å². The summed E-state index contributed by atoms with van der Waals surface area (Å²) in [5.74, 6) is 0.314. The molecular weight excluding hydrogens is 234 g/mol. The molecule has 0 spiro atoms. The normalized spacial score (nSPS) is 16.8. The van der Waals surface area contributed by atoms with E-state index in [9.17, 15) is 9.59 Å². The van der Waals surface area contributed by atoms with E-state index in [4.69, 9.17) is 5.11 Å². The van der Waals surface area contributed by atoms with Gasteiger partial charge < -0.3 is 15.0 Å². The minimum atomic E-state index is -0.734. The number of nitrogens with zero attached hydrogens (tertiary/aromatic N) is 2. The van der Waals surface area contributed by atoms with Crippen molar-refractivity contribution in [2.45, 2.75) is 26.2 Å². The highest BCUT2D eigenvalue weighted by atomic mass is 16.4. The fraction of sp³-hybridized carbons (Fsp3) is 0.583. The van der Waals surface area contributed by atoms with E-state index < -0.39 is 5.97 Å². The number of nitrogens with one attached hydrogen (secondary N) is 1. The maximum atomic E-state index is 11.5. The number of H-pyrrole nitrogens is 1. The van der Waals surface area contributed by atoms with E-state index in [1.165, 1.54) is 6.07 Å². The molecule has 98 valence electrons. The Balaban J connectivity index is 2.12. The monoisotopic (exact) mass is 251 g/mol. The zero-order valence-electron chi connectivity index (χ0n) is 10.3. The molecule has 0 bridgehead atoms. The Hall–Kier alpha value is -1.85. The minimum absolute atomic E-state index is 0.155. The molecule has 6 heteroatoms. The first-order valence-corrected chi connectivity index (χ1v) is 6.18. The Bertz CT molecular complexity index is 490. The molecule has 1 aliphatic rings. The number of aryl methyl sites for hydroxylation is 1. The number of carboxylic acid groups (broad SMARTS) is 1. The molecule has 0 atom stereocenters. The highest BCUT2D eigenvalue weighted by Crippen LogP contribution is 2.21. The smallest absolute Gasteiger partial charge is 0.306 e. The summed E-state index contributed by atoms with van der Waals surface area (Å²) in [4.78, 5) is 31.4. The zero-order chi connectivity index (χ0) is 13.1. The van der Waals surface area contributed by atoms with Crippen LogP contribution in [-0.2, 0) is 11.2 Å². The third-order valence-corrected chi connectivity index (χ3v) is 3.28. The van der Waals surface area contributed by atoms with Crippen LogP contribution in [0.4, 0.5) is 5.82 Å². The molecule has 1 saturated heterocycles. The summed E-state index contributed by atoms with van der Waals surface area (Å²) in [7, 11) is 0. The van der Waals surface area contributed by atoms with Crippen molar-refractivity contribution in [2.75, 3.05) is 18.0 Å². The molecule has 1 aliphatic heterocycles. The number of aromatic nitrogens is 2. The van der Waals surface area contributed by atoms with Crippen LogP contribution in [-0.4, -0.2) is 34.1 Å². The van der Waals surface area contributed by atoms with Gasteiger partial charge in [-0.15, -0.1) is 0 Å². The van der Waals surface area contributed by atoms with Gasteiger partial charge in [0.2, 0.25) is 0 Å². The number of hydrogen-bond donors (Lipinski definition) is 2. The van der Waals surface area contributed by atoms with Gasteiger partial charge in [-0.2, -0.15) is 0 Å². The van der Waals surface area contributed by atoms with Crippen LogP contribution in [0.3, 0.4) is 0 Å². The van der Waals surface area contributed by atoms with Crippen molar-refractivity contribution in [3.8, 4) is 0 Å². The van der Waals surface area contributed by atoms with Crippen LogP contribution in [0.15, 0.2) is 10.9 Å². The number of rotatable bonds is 3. The fourth-order valence-corrected chi connectivity index (χ4v) is 2.18. The average molecular weight is 251 g/mol. The summed E-state index contributed by atoms with van der Waals surface area (Å²) in [6, 6.07) is 1.47. The van der Waals surface area contributed by atoms with Crippen molar-refractivity contribution >= 4 is 11.8 Å². The largest absolute Gasteiger partial charge is 0.481 e. The quantitative estimate of drug-likeness (QED) is 0.823. The highest BCUT2D eigenvalue weighted by molar-refractivity contribution is 5.70. The van der Waals surface area contributed by atoms with Crippen molar-refractivity contribution in [3.63, 3.8) is 0 Å². The Labute approximate surface area is 105 Å². The number of anilines is 1. The lowest BCUT2D eigenvalue weighted by Gasteiger charge is -2.30. The molecule has 2 heterocycles. The number of carboxylic acids is 1. The van der Waals surface area contributed by atoms with Gasteiger partial charge in [0.25, 0.3) is 5.56 Å². The first kappa shape index (κ1) is 12.6. The molecule has 1 aromatic heterocycles. The molecule has 0 aliphatic carbocycles. The van der Waals surface area contributed by atoms with Crippen LogP contribution in [0.25, 0.3) is 0 Å². The third kappa shape index (κ3) is 2.69. The van der Waals surface area contributed by atoms with Crippen molar-refractivity contribution in [3.05, 3.63) is 22.2 Å². The van der Waals surface area contributed by atoms with Crippen LogP contribution < -0.4 is 10.5 Å². The summed E-state index contributed by atoms with van der Waals surface area (Å²) in [5, 5.41) is 8.93. The van der Waals surface area contributed by atoms with E-state index in [1.54, 1.807) is 0 Å². The number of hydrogen-bond acceptors (Lipinski definition) is 4. The molecule has 2 rings (SSSR count). The Morgan fingerprint density at radius 2 is 2.22 bits per heavy atom. The molecule has 0 unspecified atom stereocenters. The van der Waals surface area contributed by atoms with Crippen LogP contribution in [0.1, 0.15) is 25.6 Å². The topological polar surface area (TPSA) is 86.3 Å². The summed E-state index contributed by atoms with van der Waals surface area (Å²) in [6.07, 6.45) is 1.88. The maximum Gasteiger partial charge on any atom is 0.306 e. The van der Waals surface area contributed by atoms with Gasteiger partial charge in [0, 0.05) is 25.6 Å². The lowest BCUT2D eigenvalue weighted by Crippen LogP contribution is -2.37. The van der Waals surface area contributed by atoms with Gasteiger partial charge >= 0.3 is 5.97 Å². The third-order valence-electron chi connectivity index (χ3n) is 3.28. The van der Waals surface area contributed by atoms with E-state index >= 15 is 0 Å². The number of aliphatic carboxylic acids is 1. The molecule has 2 N–H and O–H groups in total. The van der Waals surface area contributed by atoms with E-state index in [1.807, 2.05) is 11.8 Å². The molecule has 1 fully saturated rings. The zero-order valence-corrected chi connectivity index (χ0v) is 10.3. The maximum absolute atomic E-state index is 11.5. The van der Waals surface area contributed by atoms with Crippen molar-refractivity contribution in [1.29, 1.82) is 0 Å². The Kier molecular flexibility index (Phi) is 3.64. The summed E-state index contributed by atoms with van der Waals surface area (Å²) in [5.41, 5.74) is -0.155. The number of aromatic amines is 1. The Morgan fingerprint density at radius 3 is 2.78 bits per heavy atom. The van der Waals surface area contributed by atoms with Gasteiger partial charge in [0.15, 0.2) is 0 Å². The van der Waals surface area contributed by atoms with E-state index in [0.29, 0.717) is 44.0 Å². The number of piperidine rings is 1. The van der Waals surface area contributed by atoms with Crippen molar-refractivity contribution < 1.29 is 9.90 Å². The predicted molar refractivity (Wildman–Crippen MR) is 66.8 cm³/mol. The first-order valence-electron chi connectivity index (χ1n) is 6.18. The lowest BCUT2D eigenvalue weighted by molar-refractivity contribution is -0.142. The molecule has 6 nitrogen and oxygen atoms in total. The van der Waals surface area contributed by atoms with Gasteiger partial charge in [-0.3, -0.25) is 9.59 Å². The average Bonchev–Trinajstić information content (AvgIpc) is 2.38. The van der Waals surface area contributed by atoms with Gasteiger partial charge in [-0.1, -0.05) is 6.92 Å². The minimum Gasteiger partial charge on any atom is -0.481 e. The standard InChI is InChI=1S/C12H17N3O3/c1-2-9-13-10(7-11(16)14-9)15-5-3-8(4-6-15)12(17)18/h7-8H,2-6H2,1H3,(H,17,18)(H,13,14,16). The van der Waals surface area contributed by atoms with Crippen LogP contribution in [0.2, 0.25) is 0 Å². The SMILES string of the molecule is CCc1nc(N2CCC(C(=O)O)CC2)cc(=O)[nH]1. The molecule has 0 radical (unpaired) electrons. The van der Waals surface area contributed by atoms with Crippen LogP contribution in [0.5, 0.6) is 0 Å². The van der Waals surface area contributed by atoms with Gasteiger partial charge in [-0.25, -0.2) is 4.98 Å². The van der Waals surface area contributed by atoms with Gasteiger partial charge in [0.05, 0.1) is 5.92 Å². The molecule has 0 amide bonds. The molecule has 18 heavy (non-hydrogen) atoms. The predicted octanol–water partition coefficient (Wildman–Crippen LogP) is 0.633. The second-order valence-corrected chi connectivity index (χ2v) is 4.50. The summed E-state index contributed by atoms with van der Waals surface area (Å²) in [6.45, 7) is 3.20.